The number of ether oxygens (including phenoxy) is 2. The van der Waals surface area contributed by atoms with Gasteiger partial charge >= 0.3 is 0 Å². The standard InChI is InChI=1S/C26H23FN6O3/c1-15-22(25(34)30-17-7-6-10-28-14-17)23(20-8-4-5-9-21(20)27)33-26(29-15)31-24(32-33)16-11-18(35-2)13-19(12-16)36-3/h4-14,23H,1-3H3,(H,30,34)(H,29,31,32)/t23-/m1/s1. The summed E-state index contributed by atoms with van der Waals surface area (Å²) in [6.45, 7) is 1.75. The van der Waals surface area contributed by atoms with E-state index in [0.29, 0.717) is 45.8 Å². The fourth-order valence-electron chi connectivity index (χ4n) is 4.12. The first-order valence-corrected chi connectivity index (χ1v) is 11.1. The van der Waals surface area contributed by atoms with Crippen LogP contribution in [-0.2, 0) is 4.79 Å². The SMILES string of the molecule is COc1cc(OC)cc(-c2nc3n(n2)[C@H](c2ccccc2F)C(C(=O)Nc2cccnc2)=C(C)N3)c1. The molecule has 0 saturated carbocycles. The summed E-state index contributed by atoms with van der Waals surface area (Å²) in [5, 5.41) is 10.7. The maximum Gasteiger partial charge on any atom is 0.255 e. The van der Waals surface area contributed by atoms with Gasteiger partial charge in [0.1, 0.15) is 23.4 Å². The van der Waals surface area contributed by atoms with Crippen LogP contribution in [-0.4, -0.2) is 39.9 Å². The molecule has 0 saturated heterocycles. The average Bonchev–Trinajstić information content (AvgIpc) is 3.32. The Kier molecular flexibility index (Phi) is 6.07. The predicted octanol–water partition coefficient (Wildman–Crippen LogP) is 4.42. The molecule has 2 N–H and O–H groups in total. The number of anilines is 2. The number of nitrogens with one attached hydrogen (secondary N) is 2. The highest BCUT2D eigenvalue weighted by Gasteiger charge is 2.36. The summed E-state index contributed by atoms with van der Waals surface area (Å²) < 4.78 is 27.4. The number of carbonyl (C=O) groups excluding carboxylic acids is 1. The van der Waals surface area contributed by atoms with Gasteiger partial charge in [0, 0.05) is 29.1 Å². The van der Waals surface area contributed by atoms with E-state index >= 15 is 4.39 Å². The normalized spacial score (nSPS) is 14.6. The Hall–Kier alpha value is -4.73. The van der Waals surface area contributed by atoms with Crippen molar-refractivity contribution >= 4 is 17.5 Å². The summed E-state index contributed by atoms with van der Waals surface area (Å²) >= 11 is 0. The van der Waals surface area contributed by atoms with Crippen molar-refractivity contribution < 1.29 is 18.7 Å². The summed E-state index contributed by atoms with van der Waals surface area (Å²) in [4.78, 5) is 22.1. The smallest absolute Gasteiger partial charge is 0.255 e. The number of methoxy groups -OCH3 is 2. The fourth-order valence-corrected chi connectivity index (χ4v) is 4.12. The molecule has 0 spiro atoms. The molecule has 1 aliphatic rings. The van der Waals surface area contributed by atoms with Gasteiger partial charge in [-0.05, 0) is 37.3 Å². The zero-order valence-electron chi connectivity index (χ0n) is 19.8. The van der Waals surface area contributed by atoms with Crippen LogP contribution < -0.4 is 20.1 Å². The van der Waals surface area contributed by atoms with Crippen molar-refractivity contribution in [1.29, 1.82) is 0 Å². The minimum atomic E-state index is -0.868. The first kappa shape index (κ1) is 23.0. The maximum atomic E-state index is 15.1. The van der Waals surface area contributed by atoms with Crippen molar-refractivity contribution in [2.75, 3.05) is 24.9 Å². The highest BCUT2D eigenvalue weighted by atomic mass is 19.1. The number of benzene rings is 2. The number of carbonyl (C=O) groups is 1. The molecule has 1 aliphatic heterocycles. The number of nitrogens with zero attached hydrogens (tertiary/aromatic N) is 4. The van der Waals surface area contributed by atoms with Crippen LogP contribution >= 0.6 is 0 Å². The molecule has 1 atom stereocenters. The molecule has 0 bridgehead atoms. The number of allylic oxidation sites excluding steroid dienone is 1. The summed E-state index contributed by atoms with van der Waals surface area (Å²) in [6.07, 6.45) is 3.15. The van der Waals surface area contributed by atoms with Crippen LogP contribution in [0.4, 0.5) is 16.0 Å². The molecule has 5 rings (SSSR count). The van der Waals surface area contributed by atoms with E-state index in [2.05, 4.69) is 25.7 Å². The predicted molar refractivity (Wildman–Crippen MR) is 132 cm³/mol. The molecule has 36 heavy (non-hydrogen) atoms. The molecule has 1 amide bonds. The van der Waals surface area contributed by atoms with Crippen LogP contribution in [0.25, 0.3) is 11.4 Å². The Bertz CT molecular complexity index is 1450. The summed E-state index contributed by atoms with van der Waals surface area (Å²) in [7, 11) is 3.11. The van der Waals surface area contributed by atoms with Gasteiger partial charge < -0.3 is 20.1 Å². The average molecular weight is 487 g/mol. The molecular formula is C26H23FN6O3. The molecule has 0 fully saturated rings. The van der Waals surface area contributed by atoms with E-state index in [0.717, 1.165) is 0 Å². The van der Waals surface area contributed by atoms with Crippen LogP contribution in [0, 0.1) is 5.82 Å². The molecule has 4 aromatic rings. The van der Waals surface area contributed by atoms with Gasteiger partial charge in [-0.1, -0.05) is 18.2 Å². The summed E-state index contributed by atoms with van der Waals surface area (Å²) in [5.74, 6) is 0.998. The Morgan fingerprint density at radius 3 is 2.50 bits per heavy atom. The molecule has 0 radical (unpaired) electrons. The van der Waals surface area contributed by atoms with Gasteiger partial charge in [0.2, 0.25) is 5.95 Å². The van der Waals surface area contributed by atoms with Gasteiger partial charge in [-0.3, -0.25) is 9.78 Å². The number of hydrogen-bond acceptors (Lipinski definition) is 7. The number of aromatic nitrogens is 4. The molecule has 3 heterocycles. The van der Waals surface area contributed by atoms with Crippen molar-refractivity contribution in [3.8, 4) is 22.9 Å². The van der Waals surface area contributed by atoms with Crippen LogP contribution in [0.5, 0.6) is 11.5 Å². The van der Waals surface area contributed by atoms with Crippen LogP contribution in [0.15, 0.2) is 78.3 Å². The Labute approximate surface area is 206 Å². The van der Waals surface area contributed by atoms with Crippen molar-refractivity contribution in [2.45, 2.75) is 13.0 Å². The number of pyridine rings is 1. The van der Waals surface area contributed by atoms with Crippen LogP contribution in [0.3, 0.4) is 0 Å². The Morgan fingerprint density at radius 1 is 1.08 bits per heavy atom. The lowest BCUT2D eigenvalue weighted by Gasteiger charge is -2.28. The molecule has 9 nitrogen and oxygen atoms in total. The zero-order valence-corrected chi connectivity index (χ0v) is 19.8. The van der Waals surface area contributed by atoms with Crippen molar-refractivity contribution in [3.05, 3.63) is 89.6 Å². The minimum absolute atomic E-state index is 0.288. The summed E-state index contributed by atoms with van der Waals surface area (Å²) in [6, 6.07) is 14.2. The van der Waals surface area contributed by atoms with Gasteiger partial charge in [0.25, 0.3) is 5.91 Å². The third-order valence-corrected chi connectivity index (χ3v) is 5.83. The molecular weight excluding hydrogens is 463 g/mol. The van der Waals surface area contributed by atoms with Crippen molar-refractivity contribution in [2.24, 2.45) is 0 Å². The second kappa shape index (κ2) is 9.49. The van der Waals surface area contributed by atoms with Gasteiger partial charge in [-0.2, -0.15) is 4.98 Å². The molecule has 0 aliphatic carbocycles. The van der Waals surface area contributed by atoms with E-state index in [9.17, 15) is 4.79 Å². The van der Waals surface area contributed by atoms with Crippen molar-refractivity contribution in [1.82, 2.24) is 19.7 Å². The lowest BCUT2D eigenvalue weighted by Crippen LogP contribution is -2.32. The lowest BCUT2D eigenvalue weighted by molar-refractivity contribution is -0.113. The number of halogens is 1. The number of rotatable bonds is 6. The second-order valence-electron chi connectivity index (χ2n) is 8.09. The largest absolute Gasteiger partial charge is 0.497 e. The van der Waals surface area contributed by atoms with E-state index in [-0.39, 0.29) is 5.56 Å². The second-order valence-corrected chi connectivity index (χ2v) is 8.09. The molecule has 2 aromatic carbocycles. The van der Waals surface area contributed by atoms with E-state index in [1.807, 2.05) is 0 Å². The van der Waals surface area contributed by atoms with Gasteiger partial charge in [0.05, 0.1) is 31.7 Å². The van der Waals surface area contributed by atoms with E-state index in [1.54, 1.807) is 75.9 Å². The number of amides is 1. The Balaban J connectivity index is 1.63. The first-order valence-electron chi connectivity index (χ1n) is 11.1. The van der Waals surface area contributed by atoms with Gasteiger partial charge in [-0.15, -0.1) is 5.10 Å². The van der Waals surface area contributed by atoms with Crippen molar-refractivity contribution in [3.63, 3.8) is 0 Å². The maximum absolute atomic E-state index is 15.1. The third-order valence-electron chi connectivity index (χ3n) is 5.83. The van der Waals surface area contributed by atoms with Crippen LogP contribution in [0.1, 0.15) is 18.5 Å². The lowest BCUT2D eigenvalue weighted by atomic mass is 9.94. The van der Waals surface area contributed by atoms with E-state index < -0.39 is 17.8 Å². The quantitative estimate of drug-likeness (QED) is 0.416. The van der Waals surface area contributed by atoms with Crippen LogP contribution in [0.2, 0.25) is 0 Å². The molecule has 182 valence electrons. The fraction of sp³-hybridized carbons (Fsp3) is 0.154. The molecule has 10 heteroatoms. The topological polar surface area (TPSA) is 103 Å². The molecule has 2 aromatic heterocycles. The number of hydrogen-bond donors (Lipinski definition) is 2. The number of fused-ring (bicyclic) bond motifs is 1. The first-order chi connectivity index (χ1) is 17.5. The summed E-state index contributed by atoms with van der Waals surface area (Å²) in [5.41, 5.74) is 2.27. The van der Waals surface area contributed by atoms with Gasteiger partial charge in [-0.25, -0.2) is 9.07 Å². The van der Waals surface area contributed by atoms with Gasteiger partial charge in [0.15, 0.2) is 5.82 Å². The third kappa shape index (κ3) is 4.24. The van der Waals surface area contributed by atoms with E-state index in [4.69, 9.17) is 9.47 Å². The monoisotopic (exact) mass is 486 g/mol. The molecule has 0 unspecified atom stereocenters. The highest BCUT2D eigenvalue weighted by Crippen LogP contribution is 2.38. The van der Waals surface area contributed by atoms with E-state index in [1.165, 1.54) is 16.9 Å². The highest BCUT2D eigenvalue weighted by molar-refractivity contribution is 6.06. The zero-order chi connectivity index (χ0) is 25.2. The Morgan fingerprint density at radius 2 is 1.83 bits per heavy atom. The minimum Gasteiger partial charge on any atom is -0.497 e.